The molecule has 0 amide bonds. The molecule has 0 N–H and O–H groups in total. The van der Waals surface area contributed by atoms with Gasteiger partial charge in [0.25, 0.3) is 20.0 Å². The molecule has 0 saturated carbocycles. The second-order valence-corrected chi connectivity index (χ2v) is 15.0. The molecule has 0 spiro atoms. The Hall–Kier alpha value is -4.10. The molecule has 2 aromatic carbocycles. The molecule has 0 aliphatic rings. The summed E-state index contributed by atoms with van der Waals surface area (Å²) in [5.41, 5.74) is 1.78. The van der Waals surface area contributed by atoms with E-state index in [0.29, 0.717) is 8.42 Å². The molecule has 42 heavy (non-hydrogen) atoms. The second-order valence-electron chi connectivity index (χ2n) is 8.67. The fourth-order valence-electron chi connectivity index (χ4n) is 4.07. The Balaban J connectivity index is 0.000000168. The number of benzene rings is 2. The molecule has 0 fully saturated rings. The highest BCUT2D eigenvalue weighted by Gasteiger charge is 2.21. The van der Waals surface area contributed by atoms with Crippen LogP contribution in [0, 0.1) is 0 Å². The summed E-state index contributed by atoms with van der Waals surface area (Å²) in [4.78, 5) is 1.72. The molecule has 4 heterocycles. The third-order valence-electron chi connectivity index (χ3n) is 6.13. The van der Waals surface area contributed by atoms with Crippen LogP contribution in [-0.2, 0) is 20.0 Å². The zero-order valence-electron chi connectivity index (χ0n) is 22.5. The van der Waals surface area contributed by atoms with E-state index in [4.69, 9.17) is 9.47 Å². The number of aromatic nitrogens is 2. The van der Waals surface area contributed by atoms with E-state index in [1.165, 1.54) is 55.4 Å². The van der Waals surface area contributed by atoms with Gasteiger partial charge in [0.1, 0.15) is 19.9 Å². The first-order valence-electron chi connectivity index (χ1n) is 12.5. The minimum atomic E-state index is -3.51. The van der Waals surface area contributed by atoms with Gasteiger partial charge in [-0.2, -0.15) is 16.8 Å². The van der Waals surface area contributed by atoms with E-state index >= 15 is 0 Å². The Morgan fingerprint density at radius 1 is 0.500 bits per heavy atom. The number of hydrogen-bond donors (Lipinski definition) is 0. The third-order valence-corrected chi connectivity index (χ3v) is 12.6. The van der Waals surface area contributed by atoms with Gasteiger partial charge in [-0.05, 0) is 72.8 Å². The number of hydrogen-bond acceptors (Lipinski definition) is 8. The van der Waals surface area contributed by atoms with Crippen LogP contribution in [0.3, 0.4) is 0 Å². The molecule has 6 aromatic rings. The molecular formula is C30H26N2O6S4. The number of ether oxygens (including phenoxy) is 2. The highest BCUT2D eigenvalue weighted by molar-refractivity contribution is 7.92. The van der Waals surface area contributed by atoms with Gasteiger partial charge in [-0.3, -0.25) is 0 Å². The average Bonchev–Trinajstić information content (AvgIpc) is 3.85. The highest BCUT2D eigenvalue weighted by atomic mass is 32.3. The van der Waals surface area contributed by atoms with Crippen LogP contribution in [0.1, 0.15) is 0 Å². The molecule has 8 nitrogen and oxygen atoms in total. The average molecular weight is 639 g/mol. The first-order valence-corrected chi connectivity index (χ1v) is 17.0. The van der Waals surface area contributed by atoms with E-state index < -0.39 is 20.0 Å². The molecule has 216 valence electrons. The van der Waals surface area contributed by atoms with Crippen LogP contribution < -0.4 is 9.47 Å². The van der Waals surface area contributed by atoms with Crippen molar-refractivity contribution < 1.29 is 26.3 Å². The first kappa shape index (κ1) is 29.4. The van der Waals surface area contributed by atoms with Gasteiger partial charge in [0.2, 0.25) is 0 Å². The van der Waals surface area contributed by atoms with Crippen molar-refractivity contribution in [2.75, 3.05) is 14.2 Å². The lowest BCUT2D eigenvalue weighted by Crippen LogP contribution is -2.08. The van der Waals surface area contributed by atoms with Gasteiger partial charge in [-0.1, -0.05) is 24.3 Å². The summed E-state index contributed by atoms with van der Waals surface area (Å²) < 4.78 is 63.4. The van der Waals surface area contributed by atoms with Gasteiger partial charge in [0, 0.05) is 45.7 Å². The van der Waals surface area contributed by atoms with Crippen molar-refractivity contribution in [1.82, 2.24) is 7.94 Å². The molecular weight excluding hydrogens is 613 g/mol. The molecule has 0 saturated heterocycles. The Morgan fingerprint density at radius 2 is 0.857 bits per heavy atom. The maximum Gasteiger partial charge on any atom is 0.277 e. The number of thiophene rings is 2. The van der Waals surface area contributed by atoms with Crippen LogP contribution in [0.2, 0.25) is 0 Å². The maximum atomic E-state index is 12.4. The molecule has 0 atom stereocenters. The largest absolute Gasteiger partial charge is 0.496 e. The van der Waals surface area contributed by atoms with Crippen molar-refractivity contribution in [3.8, 4) is 32.4 Å². The minimum Gasteiger partial charge on any atom is -0.496 e. The predicted molar refractivity (Wildman–Crippen MR) is 167 cm³/mol. The van der Waals surface area contributed by atoms with Crippen molar-refractivity contribution in [3.05, 3.63) is 122 Å². The van der Waals surface area contributed by atoms with Gasteiger partial charge in [0.05, 0.1) is 14.2 Å². The van der Waals surface area contributed by atoms with E-state index in [1.54, 1.807) is 62.8 Å². The molecule has 6 rings (SSSR count). The summed E-state index contributed by atoms with van der Waals surface area (Å²) >= 11 is 2.46. The molecule has 0 unspecified atom stereocenters. The Bertz CT molecular complexity index is 1840. The summed E-state index contributed by atoms with van der Waals surface area (Å²) in [5.74, 6) is 1.45. The topological polar surface area (TPSA) is 96.6 Å². The fraction of sp³-hybridized carbons (Fsp3) is 0.0667. The van der Waals surface area contributed by atoms with Gasteiger partial charge in [-0.15, -0.1) is 22.7 Å². The Labute approximate surface area is 252 Å². The van der Waals surface area contributed by atoms with E-state index in [-0.39, 0.29) is 0 Å². The third kappa shape index (κ3) is 5.93. The summed E-state index contributed by atoms with van der Waals surface area (Å²) in [5, 5.41) is 0. The van der Waals surface area contributed by atoms with Crippen LogP contribution in [0.4, 0.5) is 0 Å². The van der Waals surface area contributed by atoms with Crippen LogP contribution in [0.25, 0.3) is 20.9 Å². The summed E-state index contributed by atoms with van der Waals surface area (Å²) in [7, 11) is -3.81. The highest BCUT2D eigenvalue weighted by Crippen LogP contribution is 2.38. The standard InChI is InChI=1S/2C15H13NO3S2/c2*1-19-13-7-3-2-6-12(13)14-8-9-15(20-14)21(17,18)16-10-4-5-11-16/h2*2-11H,1H3. The lowest BCUT2D eigenvalue weighted by molar-refractivity contribution is 0.416. The van der Waals surface area contributed by atoms with Crippen molar-refractivity contribution in [1.29, 1.82) is 0 Å². The van der Waals surface area contributed by atoms with Crippen molar-refractivity contribution in [2.24, 2.45) is 0 Å². The lowest BCUT2D eigenvalue weighted by atomic mass is 10.2. The maximum absolute atomic E-state index is 12.4. The SMILES string of the molecule is COc1ccccc1-c1ccc(S(=O)(=O)n2cccc2)s1.COc1ccccc1-c1ccc(S(=O)(=O)n2cccc2)s1. The minimum absolute atomic E-state index is 0.305. The normalized spacial score (nSPS) is 11.5. The molecule has 12 heteroatoms. The summed E-state index contributed by atoms with van der Waals surface area (Å²) in [6.45, 7) is 0. The Morgan fingerprint density at radius 3 is 1.21 bits per heavy atom. The van der Waals surface area contributed by atoms with Crippen molar-refractivity contribution in [2.45, 2.75) is 8.42 Å². The number of rotatable bonds is 8. The first-order chi connectivity index (χ1) is 20.3. The van der Waals surface area contributed by atoms with Crippen LogP contribution in [-0.4, -0.2) is 39.0 Å². The number of methoxy groups -OCH3 is 2. The predicted octanol–water partition coefficient (Wildman–Crippen LogP) is 6.92. The van der Waals surface area contributed by atoms with Crippen LogP contribution in [0.5, 0.6) is 11.5 Å². The van der Waals surface area contributed by atoms with E-state index in [0.717, 1.165) is 32.4 Å². The monoisotopic (exact) mass is 638 g/mol. The van der Waals surface area contributed by atoms with Gasteiger partial charge >= 0.3 is 0 Å². The zero-order valence-corrected chi connectivity index (χ0v) is 25.8. The van der Waals surface area contributed by atoms with E-state index in [2.05, 4.69) is 0 Å². The van der Waals surface area contributed by atoms with Gasteiger partial charge in [0.15, 0.2) is 0 Å². The number of nitrogens with zero attached hydrogens (tertiary/aromatic N) is 2. The molecule has 4 aromatic heterocycles. The molecule has 0 bridgehead atoms. The zero-order chi connectivity index (χ0) is 29.7. The van der Waals surface area contributed by atoms with Gasteiger partial charge in [-0.25, -0.2) is 7.94 Å². The van der Waals surface area contributed by atoms with Crippen molar-refractivity contribution in [3.63, 3.8) is 0 Å². The quantitative estimate of drug-likeness (QED) is 0.180. The number of para-hydroxylation sites is 2. The molecule has 0 radical (unpaired) electrons. The van der Waals surface area contributed by atoms with Crippen LogP contribution >= 0.6 is 22.7 Å². The second kappa shape index (κ2) is 12.4. The molecule has 0 aliphatic carbocycles. The Kier molecular flexibility index (Phi) is 8.69. The van der Waals surface area contributed by atoms with E-state index in [9.17, 15) is 16.8 Å². The lowest BCUT2D eigenvalue weighted by Gasteiger charge is -2.05. The molecule has 0 aliphatic heterocycles. The van der Waals surface area contributed by atoms with Crippen molar-refractivity contribution >= 4 is 42.7 Å². The summed E-state index contributed by atoms with van der Waals surface area (Å²) in [6, 6.07) is 28.7. The smallest absolute Gasteiger partial charge is 0.277 e. The summed E-state index contributed by atoms with van der Waals surface area (Å²) in [6.07, 6.45) is 6.10. The van der Waals surface area contributed by atoms with Crippen LogP contribution in [0.15, 0.2) is 130 Å². The van der Waals surface area contributed by atoms with E-state index in [1.807, 2.05) is 48.5 Å². The van der Waals surface area contributed by atoms with Gasteiger partial charge < -0.3 is 9.47 Å². The fourth-order valence-corrected chi connectivity index (χ4v) is 9.32.